The Bertz CT molecular complexity index is 842. The van der Waals surface area contributed by atoms with E-state index in [2.05, 4.69) is 26.8 Å². The van der Waals surface area contributed by atoms with Crippen molar-refractivity contribution in [1.82, 2.24) is 0 Å². The summed E-state index contributed by atoms with van der Waals surface area (Å²) in [6, 6.07) is 3.97. The van der Waals surface area contributed by atoms with Gasteiger partial charge in [-0.15, -0.1) is 0 Å². The third-order valence-electron chi connectivity index (χ3n) is 11.0. The van der Waals surface area contributed by atoms with Crippen LogP contribution in [0.4, 0.5) is 0 Å². The first kappa shape index (κ1) is 19.6. The summed E-state index contributed by atoms with van der Waals surface area (Å²) in [4.78, 5) is 0. The number of methoxy groups -OCH3 is 1. The Hall–Kier alpha value is -1.06. The van der Waals surface area contributed by atoms with E-state index in [-0.39, 0.29) is 11.5 Å². The lowest BCUT2D eigenvalue weighted by molar-refractivity contribution is -0.152. The number of hydrogen-bond donors (Lipinski definition) is 0. The van der Waals surface area contributed by atoms with Crippen LogP contribution in [0.15, 0.2) is 34.5 Å². The zero-order valence-corrected chi connectivity index (χ0v) is 19.2. The summed E-state index contributed by atoms with van der Waals surface area (Å²) in [5.41, 5.74) is 2.83. The Morgan fingerprint density at radius 1 is 1.17 bits per heavy atom. The summed E-state index contributed by atoms with van der Waals surface area (Å²) >= 11 is 0. The molecule has 1 spiro atoms. The van der Waals surface area contributed by atoms with Crippen LogP contribution < -0.4 is 0 Å². The monoisotopic (exact) mass is 410 g/mol. The van der Waals surface area contributed by atoms with Crippen molar-refractivity contribution in [3.63, 3.8) is 0 Å². The molecule has 5 saturated carbocycles. The van der Waals surface area contributed by atoms with Gasteiger partial charge in [0.2, 0.25) is 0 Å². The van der Waals surface area contributed by atoms with Gasteiger partial charge in [-0.1, -0.05) is 19.9 Å². The van der Waals surface area contributed by atoms with Crippen molar-refractivity contribution in [3.05, 3.63) is 35.8 Å². The first-order chi connectivity index (χ1) is 14.5. The van der Waals surface area contributed by atoms with Gasteiger partial charge in [-0.05, 0) is 104 Å². The molecule has 9 atom stereocenters. The quantitative estimate of drug-likeness (QED) is 0.539. The number of hydrogen-bond acceptors (Lipinski definition) is 3. The van der Waals surface area contributed by atoms with Crippen molar-refractivity contribution in [2.45, 2.75) is 84.5 Å². The molecule has 0 bridgehead atoms. The Morgan fingerprint density at radius 3 is 2.73 bits per heavy atom. The van der Waals surface area contributed by atoms with Crippen molar-refractivity contribution in [2.24, 2.45) is 39.9 Å². The summed E-state index contributed by atoms with van der Waals surface area (Å²) in [6.07, 6.45) is 14.3. The SMILES string of the molecule is C/C=C1\[C@H](OCc2ccco2)C[C@H]2[C@@H]3C[C@@H](OC)[C@]45C[C@H]4CC[C@]5(C)[C@H]3CC[C@]12C. The number of allylic oxidation sites excluding steroid dienone is 1. The Morgan fingerprint density at radius 2 is 2.03 bits per heavy atom. The molecule has 0 N–H and O–H groups in total. The van der Waals surface area contributed by atoms with Crippen LogP contribution in [0.3, 0.4) is 0 Å². The lowest BCUT2D eigenvalue weighted by atomic mass is 9.46. The van der Waals surface area contributed by atoms with E-state index in [1.165, 1.54) is 44.9 Å². The second-order valence-electron chi connectivity index (χ2n) is 11.5. The minimum atomic E-state index is 0.232. The maximum absolute atomic E-state index is 6.49. The van der Waals surface area contributed by atoms with Crippen LogP contribution in [0.2, 0.25) is 0 Å². The first-order valence-electron chi connectivity index (χ1n) is 12.3. The summed E-state index contributed by atoms with van der Waals surface area (Å²) in [5, 5.41) is 0. The molecule has 0 amide bonds. The third-order valence-corrected chi connectivity index (χ3v) is 11.0. The molecule has 1 heterocycles. The third kappa shape index (κ3) is 2.29. The highest BCUT2D eigenvalue weighted by atomic mass is 16.5. The van der Waals surface area contributed by atoms with Crippen LogP contribution in [-0.2, 0) is 16.1 Å². The molecule has 6 rings (SSSR count). The van der Waals surface area contributed by atoms with Gasteiger partial charge in [0.1, 0.15) is 12.4 Å². The molecule has 0 unspecified atom stereocenters. The number of ether oxygens (including phenoxy) is 2. The Balaban J connectivity index is 1.30. The number of rotatable bonds is 4. The maximum atomic E-state index is 6.49. The molecule has 1 aromatic heterocycles. The van der Waals surface area contributed by atoms with Gasteiger partial charge in [0, 0.05) is 12.5 Å². The van der Waals surface area contributed by atoms with Crippen LogP contribution in [0.25, 0.3) is 0 Å². The zero-order chi connectivity index (χ0) is 20.7. The fraction of sp³-hybridized carbons (Fsp3) is 0.778. The van der Waals surface area contributed by atoms with Gasteiger partial charge in [-0.3, -0.25) is 0 Å². The van der Waals surface area contributed by atoms with Crippen LogP contribution >= 0.6 is 0 Å². The standard InChI is InChI=1S/C27H38O3/c1-5-20-23(30-16-18-7-6-12-29-18)14-22-19-13-24(28-4)27-15-17(27)8-11-26(27,3)21(19)9-10-25(20,22)2/h5-7,12,17,19,21-24H,8-11,13-16H2,1-4H3/b20-5+/t17-,19-,21+,22+,23-,24-,25-,26-,27+/m1/s1. The molecule has 0 radical (unpaired) electrons. The summed E-state index contributed by atoms with van der Waals surface area (Å²) in [7, 11) is 1.98. The molecule has 164 valence electrons. The molecule has 1 aromatic rings. The topological polar surface area (TPSA) is 31.6 Å². The molecule has 0 saturated heterocycles. The van der Waals surface area contributed by atoms with Gasteiger partial charge in [0.15, 0.2) is 0 Å². The molecule has 5 aliphatic carbocycles. The van der Waals surface area contributed by atoms with Gasteiger partial charge in [-0.2, -0.15) is 0 Å². The van der Waals surface area contributed by atoms with Crippen molar-refractivity contribution in [2.75, 3.05) is 7.11 Å². The average Bonchev–Trinajstić information content (AvgIpc) is 3.04. The van der Waals surface area contributed by atoms with Crippen molar-refractivity contribution in [3.8, 4) is 0 Å². The molecule has 0 aliphatic heterocycles. The average molecular weight is 411 g/mol. The van der Waals surface area contributed by atoms with E-state index in [0.29, 0.717) is 29.5 Å². The van der Waals surface area contributed by atoms with Crippen molar-refractivity contribution in [1.29, 1.82) is 0 Å². The fourth-order valence-electron chi connectivity index (χ4n) is 9.67. The number of fused-ring (bicyclic) bond motifs is 4. The van der Waals surface area contributed by atoms with E-state index in [0.717, 1.165) is 23.5 Å². The second-order valence-corrected chi connectivity index (χ2v) is 11.5. The highest BCUT2D eigenvalue weighted by molar-refractivity contribution is 5.31. The highest BCUT2D eigenvalue weighted by Crippen LogP contribution is 2.82. The minimum absolute atomic E-state index is 0.232. The van der Waals surface area contributed by atoms with E-state index in [4.69, 9.17) is 13.9 Å². The molecule has 5 aliphatic rings. The maximum Gasteiger partial charge on any atom is 0.129 e. The predicted molar refractivity (Wildman–Crippen MR) is 117 cm³/mol. The smallest absolute Gasteiger partial charge is 0.129 e. The van der Waals surface area contributed by atoms with E-state index in [1.54, 1.807) is 11.8 Å². The van der Waals surface area contributed by atoms with Crippen LogP contribution in [0.5, 0.6) is 0 Å². The number of furan rings is 1. The van der Waals surface area contributed by atoms with E-state index >= 15 is 0 Å². The van der Waals surface area contributed by atoms with Gasteiger partial charge in [-0.25, -0.2) is 0 Å². The predicted octanol–water partition coefficient (Wildman–Crippen LogP) is 6.39. The fourth-order valence-corrected chi connectivity index (χ4v) is 9.67. The Labute approximate surface area is 181 Å². The molecular formula is C27H38O3. The van der Waals surface area contributed by atoms with Crippen LogP contribution in [0.1, 0.15) is 71.5 Å². The largest absolute Gasteiger partial charge is 0.467 e. The molecule has 0 aromatic carbocycles. The zero-order valence-electron chi connectivity index (χ0n) is 19.2. The van der Waals surface area contributed by atoms with Gasteiger partial charge < -0.3 is 13.9 Å². The van der Waals surface area contributed by atoms with Crippen molar-refractivity contribution < 1.29 is 13.9 Å². The summed E-state index contributed by atoms with van der Waals surface area (Å²) in [6.45, 7) is 8.00. The van der Waals surface area contributed by atoms with Crippen LogP contribution in [0, 0.1) is 39.9 Å². The lowest BCUT2D eigenvalue weighted by Gasteiger charge is -2.60. The van der Waals surface area contributed by atoms with Gasteiger partial charge >= 0.3 is 0 Å². The molecule has 5 fully saturated rings. The van der Waals surface area contributed by atoms with Crippen LogP contribution in [-0.4, -0.2) is 19.3 Å². The molecule has 3 heteroatoms. The normalized spacial score (nSPS) is 52.6. The molecule has 30 heavy (non-hydrogen) atoms. The van der Waals surface area contributed by atoms with Gasteiger partial charge in [0.25, 0.3) is 0 Å². The Kier molecular flexibility index (Phi) is 4.24. The first-order valence-corrected chi connectivity index (χ1v) is 12.3. The second kappa shape index (κ2) is 6.48. The summed E-state index contributed by atoms with van der Waals surface area (Å²) in [5.74, 6) is 4.24. The van der Waals surface area contributed by atoms with E-state index in [9.17, 15) is 0 Å². The summed E-state index contributed by atoms with van der Waals surface area (Å²) < 4.78 is 18.3. The molecular weight excluding hydrogens is 372 g/mol. The highest BCUT2D eigenvalue weighted by Gasteiger charge is 2.77. The minimum Gasteiger partial charge on any atom is -0.467 e. The van der Waals surface area contributed by atoms with Gasteiger partial charge in [0.05, 0.1) is 18.5 Å². The lowest BCUT2D eigenvalue weighted by Crippen LogP contribution is -2.56. The van der Waals surface area contributed by atoms with E-state index in [1.807, 2.05) is 19.2 Å². The molecule has 3 nitrogen and oxygen atoms in total. The van der Waals surface area contributed by atoms with E-state index < -0.39 is 0 Å². The van der Waals surface area contributed by atoms with Crippen molar-refractivity contribution >= 4 is 0 Å².